The Bertz CT molecular complexity index is 440. The first-order valence-electron chi connectivity index (χ1n) is 5.08. The summed E-state index contributed by atoms with van der Waals surface area (Å²) in [4.78, 5) is 10.6. The van der Waals surface area contributed by atoms with E-state index in [4.69, 9.17) is 5.73 Å². The van der Waals surface area contributed by atoms with Gasteiger partial charge in [0, 0.05) is 31.9 Å². The summed E-state index contributed by atoms with van der Waals surface area (Å²) in [6, 6.07) is 5.96. The lowest BCUT2D eigenvalue weighted by molar-refractivity contribution is 0.848. The zero-order chi connectivity index (χ0) is 11.4. The summed E-state index contributed by atoms with van der Waals surface area (Å²) in [7, 11) is 2.02. The molecule has 84 valence electrons. The number of rotatable bonds is 4. The van der Waals surface area contributed by atoms with Crippen LogP contribution < -0.4 is 10.6 Å². The number of thiazole rings is 1. The second-order valence-electron chi connectivity index (χ2n) is 3.54. The molecule has 4 nitrogen and oxygen atoms in total. The molecular weight excluding hydrogens is 220 g/mol. The van der Waals surface area contributed by atoms with Crippen LogP contribution in [0.25, 0.3) is 0 Å². The molecule has 2 aromatic rings. The van der Waals surface area contributed by atoms with Gasteiger partial charge in [-0.25, -0.2) is 4.98 Å². The molecule has 0 amide bonds. The third kappa shape index (κ3) is 2.70. The molecule has 0 radical (unpaired) electrons. The van der Waals surface area contributed by atoms with Gasteiger partial charge in [-0.1, -0.05) is 17.4 Å². The minimum absolute atomic E-state index is 0.750. The third-order valence-electron chi connectivity index (χ3n) is 2.27. The fraction of sp³-hybridized carbons (Fsp3) is 0.273. The van der Waals surface area contributed by atoms with E-state index in [0.29, 0.717) is 0 Å². The highest BCUT2D eigenvalue weighted by Gasteiger charge is 2.05. The van der Waals surface area contributed by atoms with E-state index in [1.807, 2.05) is 31.4 Å². The number of anilines is 2. The number of pyridine rings is 1. The summed E-state index contributed by atoms with van der Waals surface area (Å²) in [6.45, 7) is 0.893. The lowest BCUT2D eigenvalue weighted by atomic mass is 10.2. The van der Waals surface area contributed by atoms with Crippen molar-refractivity contribution >= 4 is 21.5 Å². The van der Waals surface area contributed by atoms with Crippen molar-refractivity contribution in [3.8, 4) is 0 Å². The van der Waals surface area contributed by atoms with Gasteiger partial charge in [-0.05, 0) is 12.1 Å². The van der Waals surface area contributed by atoms with Gasteiger partial charge in [0.05, 0.1) is 6.20 Å². The van der Waals surface area contributed by atoms with E-state index in [2.05, 4.69) is 14.9 Å². The van der Waals surface area contributed by atoms with E-state index in [-0.39, 0.29) is 0 Å². The molecule has 5 heteroatoms. The monoisotopic (exact) mass is 234 g/mol. The standard InChI is InChI=1S/C11H14N4S/c1-15(11-14-8-10(12)16-11)7-5-9-4-2-3-6-13-9/h2-4,6,8H,5,7,12H2,1H3. The van der Waals surface area contributed by atoms with Gasteiger partial charge < -0.3 is 10.6 Å². The van der Waals surface area contributed by atoms with E-state index in [1.165, 1.54) is 11.3 Å². The van der Waals surface area contributed by atoms with Gasteiger partial charge >= 0.3 is 0 Å². The largest absolute Gasteiger partial charge is 0.389 e. The maximum Gasteiger partial charge on any atom is 0.186 e. The average molecular weight is 234 g/mol. The summed E-state index contributed by atoms with van der Waals surface area (Å²) in [6.07, 6.45) is 4.42. The first kappa shape index (κ1) is 10.9. The van der Waals surface area contributed by atoms with Crippen molar-refractivity contribution < 1.29 is 0 Å². The van der Waals surface area contributed by atoms with Crippen molar-refractivity contribution in [1.82, 2.24) is 9.97 Å². The summed E-state index contributed by atoms with van der Waals surface area (Å²) >= 11 is 1.50. The van der Waals surface area contributed by atoms with Crippen molar-refractivity contribution in [2.24, 2.45) is 0 Å². The number of nitrogens with zero attached hydrogens (tertiary/aromatic N) is 3. The average Bonchev–Trinajstić information content (AvgIpc) is 2.74. The van der Waals surface area contributed by atoms with Crippen LogP contribution >= 0.6 is 11.3 Å². The lowest BCUT2D eigenvalue weighted by Gasteiger charge is -2.14. The van der Waals surface area contributed by atoms with E-state index < -0.39 is 0 Å². The van der Waals surface area contributed by atoms with Crippen molar-refractivity contribution in [3.05, 3.63) is 36.3 Å². The number of nitrogens with two attached hydrogens (primary N) is 1. The summed E-state index contributed by atoms with van der Waals surface area (Å²) in [5.41, 5.74) is 6.74. The topological polar surface area (TPSA) is 55.0 Å². The number of hydrogen-bond acceptors (Lipinski definition) is 5. The third-order valence-corrected chi connectivity index (χ3v) is 3.21. The number of hydrogen-bond donors (Lipinski definition) is 1. The Morgan fingerprint density at radius 2 is 2.25 bits per heavy atom. The first-order chi connectivity index (χ1) is 7.75. The van der Waals surface area contributed by atoms with Crippen molar-refractivity contribution in [3.63, 3.8) is 0 Å². The molecule has 0 unspecified atom stereocenters. The maximum atomic E-state index is 5.64. The highest BCUT2D eigenvalue weighted by Crippen LogP contribution is 2.22. The quantitative estimate of drug-likeness (QED) is 0.876. The second-order valence-corrected chi connectivity index (χ2v) is 4.58. The van der Waals surface area contributed by atoms with Crippen LogP contribution in [-0.2, 0) is 6.42 Å². The molecular formula is C11H14N4S. The van der Waals surface area contributed by atoms with Crippen LogP contribution in [0.15, 0.2) is 30.6 Å². The zero-order valence-electron chi connectivity index (χ0n) is 9.13. The molecule has 0 saturated heterocycles. The van der Waals surface area contributed by atoms with E-state index in [0.717, 1.165) is 28.8 Å². The predicted octanol–water partition coefficient (Wildman–Crippen LogP) is 1.80. The molecule has 0 saturated carbocycles. The molecule has 0 spiro atoms. The van der Waals surface area contributed by atoms with Gasteiger partial charge in [0.2, 0.25) is 0 Å². The van der Waals surface area contributed by atoms with Crippen molar-refractivity contribution in [2.75, 3.05) is 24.2 Å². The Hall–Kier alpha value is -1.62. The lowest BCUT2D eigenvalue weighted by Crippen LogP contribution is -2.20. The number of nitrogen functional groups attached to an aromatic ring is 1. The number of likely N-dealkylation sites (N-methyl/N-ethyl adjacent to an activating group) is 1. The molecule has 0 bridgehead atoms. The predicted molar refractivity (Wildman–Crippen MR) is 67.7 cm³/mol. The van der Waals surface area contributed by atoms with Crippen molar-refractivity contribution in [1.29, 1.82) is 0 Å². The molecule has 16 heavy (non-hydrogen) atoms. The minimum Gasteiger partial charge on any atom is -0.389 e. The van der Waals surface area contributed by atoms with Crippen LogP contribution in [0.1, 0.15) is 5.69 Å². The molecule has 0 fully saturated rings. The Balaban J connectivity index is 1.91. The Kier molecular flexibility index (Phi) is 3.36. The van der Waals surface area contributed by atoms with Gasteiger partial charge in [0.15, 0.2) is 5.13 Å². The Morgan fingerprint density at radius 3 is 2.88 bits per heavy atom. The van der Waals surface area contributed by atoms with E-state index >= 15 is 0 Å². The van der Waals surface area contributed by atoms with Gasteiger partial charge in [0.25, 0.3) is 0 Å². The van der Waals surface area contributed by atoms with Crippen LogP contribution in [-0.4, -0.2) is 23.6 Å². The smallest absolute Gasteiger partial charge is 0.186 e. The number of aromatic nitrogens is 2. The van der Waals surface area contributed by atoms with Gasteiger partial charge in [-0.2, -0.15) is 0 Å². The molecule has 0 aliphatic heterocycles. The highest BCUT2D eigenvalue weighted by atomic mass is 32.1. The Labute approximate surface area is 98.8 Å². The normalized spacial score (nSPS) is 10.3. The summed E-state index contributed by atoms with van der Waals surface area (Å²) in [5.74, 6) is 0. The fourth-order valence-corrected chi connectivity index (χ4v) is 2.05. The first-order valence-corrected chi connectivity index (χ1v) is 5.89. The van der Waals surface area contributed by atoms with Crippen molar-refractivity contribution in [2.45, 2.75) is 6.42 Å². The molecule has 2 rings (SSSR count). The molecule has 2 aromatic heterocycles. The molecule has 0 aliphatic carbocycles. The molecule has 2 heterocycles. The van der Waals surface area contributed by atoms with Crippen LogP contribution in [0, 0.1) is 0 Å². The van der Waals surface area contributed by atoms with Gasteiger partial charge in [-0.15, -0.1) is 0 Å². The molecule has 0 aliphatic rings. The van der Waals surface area contributed by atoms with E-state index in [9.17, 15) is 0 Å². The van der Waals surface area contributed by atoms with Gasteiger partial charge in [0.1, 0.15) is 5.00 Å². The van der Waals surface area contributed by atoms with E-state index in [1.54, 1.807) is 6.20 Å². The summed E-state index contributed by atoms with van der Waals surface area (Å²) < 4.78 is 0. The maximum absolute atomic E-state index is 5.64. The Morgan fingerprint density at radius 1 is 1.38 bits per heavy atom. The van der Waals surface area contributed by atoms with Crippen LogP contribution in [0.2, 0.25) is 0 Å². The minimum atomic E-state index is 0.750. The fourth-order valence-electron chi connectivity index (χ4n) is 1.38. The highest BCUT2D eigenvalue weighted by molar-refractivity contribution is 7.19. The SMILES string of the molecule is CN(CCc1ccccn1)c1ncc(N)s1. The molecule has 2 N–H and O–H groups in total. The molecule has 0 atom stereocenters. The second kappa shape index (κ2) is 4.94. The van der Waals surface area contributed by atoms with Crippen LogP contribution in [0.4, 0.5) is 10.1 Å². The van der Waals surface area contributed by atoms with Crippen LogP contribution in [0.5, 0.6) is 0 Å². The summed E-state index contributed by atoms with van der Waals surface area (Å²) in [5, 5.41) is 1.70. The molecule has 0 aromatic carbocycles. The van der Waals surface area contributed by atoms with Crippen LogP contribution in [0.3, 0.4) is 0 Å². The van der Waals surface area contributed by atoms with Gasteiger partial charge in [-0.3, -0.25) is 4.98 Å². The zero-order valence-corrected chi connectivity index (χ0v) is 9.94.